The van der Waals surface area contributed by atoms with Crippen LogP contribution in [0.2, 0.25) is 5.02 Å². The summed E-state index contributed by atoms with van der Waals surface area (Å²) in [4.78, 5) is 4.50. The number of alkyl halides is 2. The molecule has 3 atom stereocenters. The van der Waals surface area contributed by atoms with Gasteiger partial charge in [0.25, 0.3) is 0 Å². The Morgan fingerprint density at radius 1 is 1.42 bits per heavy atom. The molecule has 5 nitrogen and oxygen atoms in total. The molecule has 1 aromatic carbocycles. The molecule has 3 rings (SSSR count). The summed E-state index contributed by atoms with van der Waals surface area (Å²) in [6, 6.07) is 4.77. The third kappa shape index (κ3) is 5.56. The van der Waals surface area contributed by atoms with E-state index in [0.717, 1.165) is 19.3 Å². The summed E-state index contributed by atoms with van der Waals surface area (Å²) in [6.45, 7) is -0.0381. The SMILES string of the molecule is CCNC(=NCc1cc(Cl)ccc1OC(F)F)NC1CC2CCC1O2.I. The molecule has 0 aliphatic carbocycles. The maximum absolute atomic E-state index is 12.5. The van der Waals surface area contributed by atoms with E-state index in [-0.39, 0.29) is 48.4 Å². The molecule has 0 amide bonds. The Morgan fingerprint density at radius 2 is 2.23 bits per heavy atom. The number of hydrogen-bond donors (Lipinski definition) is 2. The first-order valence-electron chi connectivity index (χ1n) is 8.48. The van der Waals surface area contributed by atoms with Gasteiger partial charge in [-0.2, -0.15) is 8.78 Å². The number of nitrogens with zero attached hydrogens (tertiary/aromatic N) is 1. The zero-order valence-electron chi connectivity index (χ0n) is 14.4. The first kappa shape index (κ1) is 21.4. The van der Waals surface area contributed by atoms with E-state index in [2.05, 4.69) is 20.4 Å². The number of aliphatic imine (C=N–C) groups is 1. The quantitative estimate of drug-likeness (QED) is 0.352. The van der Waals surface area contributed by atoms with Crippen LogP contribution in [-0.4, -0.2) is 37.4 Å². The van der Waals surface area contributed by atoms with Gasteiger partial charge in [-0.05, 0) is 44.4 Å². The summed E-state index contributed by atoms with van der Waals surface area (Å²) < 4.78 is 35.5. The molecule has 2 bridgehead atoms. The highest BCUT2D eigenvalue weighted by molar-refractivity contribution is 14.0. The molecule has 26 heavy (non-hydrogen) atoms. The van der Waals surface area contributed by atoms with Crippen LogP contribution in [0.15, 0.2) is 23.2 Å². The number of hydrogen-bond acceptors (Lipinski definition) is 3. The van der Waals surface area contributed by atoms with Crippen LogP contribution in [-0.2, 0) is 11.3 Å². The van der Waals surface area contributed by atoms with E-state index in [1.807, 2.05) is 6.92 Å². The van der Waals surface area contributed by atoms with E-state index < -0.39 is 6.61 Å². The van der Waals surface area contributed by atoms with Gasteiger partial charge in [0, 0.05) is 17.1 Å². The van der Waals surface area contributed by atoms with Crippen molar-refractivity contribution in [3.8, 4) is 5.75 Å². The molecule has 1 aromatic rings. The Bertz CT molecular complexity index is 636. The Morgan fingerprint density at radius 3 is 2.85 bits per heavy atom. The smallest absolute Gasteiger partial charge is 0.387 e. The van der Waals surface area contributed by atoms with Crippen molar-refractivity contribution in [1.29, 1.82) is 0 Å². The molecule has 2 aliphatic rings. The van der Waals surface area contributed by atoms with Gasteiger partial charge in [-0.1, -0.05) is 11.6 Å². The van der Waals surface area contributed by atoms with Crippen molar-refractivity contribution in [2.45, 2.75) is 57.6 Å². The molecule has 2 fully saturated rings. The van der Waals surface area contributed by atoms with Crippen LogP contribution in [0.5, 0.6) is 5.75 Å². The van der Waals surface area contributed by atoms with Crippen LogP contribution in [0.25, 0.3) is 0 Å². The predicted octanol–water partition coefficient (Wildman–Crippen LogP) is 3.93. The summed E-state index contributed by atoms with van der Waals surface area (Å²) in [5, 5.41) is 7.01. The molecule has 0 radical (unpaired) electrons. The van der Waals surface area contributed by atoms with Gasteiger partial charge in [-0.15, -0.1) is 24.0 Å². The van der Waals surface area contributed by atoms with Crippen molar-refractivity contribution < 1.29 is 18.3 Å². The Kier molecular flexibility index (Phi) is 8.15. The average Bonchev–Trinajstić information content (AvgIpc) is 3.17. The lowest BCUT2D eigenvalue weighted by atomic mass is 9.96. The maximum atomic E-state index is 12.5. The summed E-state index contributed by atoms with van der Waals surface area (Å²) in [6.07, 6.45) is 3.70. The van der Waals surface area contributed by atoms with E-state index in [4.69, 9.17) is 16.3 Å². The zero-order chi connectivity index (χ0) is 17.8. The lowest BCUT2D eigenvalue weighted by Crippen LogP contribution is -2.47. The molecule has 0 aromatic heterocycles. The zero-order valence-corrected chi connectivity index (χ0v) is 17.5. The van der Waals surface area contributed by atoms with Gasteiger partial charge in [0.2, 0.25) is 0 Å². The number of fused-ring (bicyclic) bond motifs is 2. The monoisotopic (exact) mass is 501 g/mol. The normalized spacial score (nSPS) is 24.5. The highest BCUT2D eigenvalue weighted by Crippen LogP contribution is 2.34. The first-order valence-corrected chi connectivity index (χ1v) is 8.86. The second-order valence-electron chi connectivity index (χ2n) is 6.19. The summed E-state index contributed by atoms with van der Waals surface area (Å²) in [5.41, 5.74) is 0.509. The summed E-state index contributed by atoms with van der Waals surface area (Å²) >= 11 is 5.97. The van der Waals surface area contributed by atoms with Crippen LogP contribution in [0.1, 0.15) is 31.7 Å². The van der Waals surface area contributed by atoms with Crippen LogP contribution in [0, 0.1) is 0 Å². The van der Waals surface area contributed by atoms with Crippen LogP contribution in [0.3, 0.4) is 0 Å². The topological polar surface area (TPSA) is 54.9 Å². The van der Waals surface area contributed by atoms with E-state index in [9.17, 15) is 8.78 Å². The maximum Gasteiger partial charge on any atom is 0.387 e. The molecular formula is C17H23ClF2IN3O2. The standard InChI is InChI=1S/C17H22ClF2N3O2.HI/c1-2-21-17(23-13-8-12-4-6-15(13)24-12)22-9-10-7-11(18)3-5-14(10)25-16(19)20;/h3,5,7,12-13,15-16H,2,4,6,8-9H2,1H3,(H2,21,22,23);1H. The molecule has 2 saturated heterocycles. The number of nitrogens with one attached hydrogen (secondary N) is 2. The van der Waals surface area contributed by atoms with Crippen molar-refractivity contribution in [1.82, 2.24) is 10.6 Å². The van der Waals surface area contributed by atoms with E-state index in [1.54, 1.807) is 6.07 Å². The fourth-order valence-corrected chi connectivity index (χ4v) is 3.53. The lowest BCUT2D eigenvalue weighted by Gasteiger charge is -2.22. The molecule has 2 heterocycles. The minimum atomic E-state index is -2.89. The van der Waals surface area contributed by atoms with Crippen LogP contribution < -0.4 is 15.4 Å². The molecule has 9 heteroatoms. The molecule has 2 aliphatic heterocycles. The minimum absolute atomic E-state index is 0. The first-order chi connectivity index (χ1) is 12.0. The second kappa shape index (κ2) is 9.89. The van der Waals surface area contributed by atoms with Crippen molar-refractivity contribution in [3.05, 3.63) is 28.8 Å². The molecular weight excluding hydrogens is 479 g/mol. The lowest BCUT2D eigenvalue weighted by molar-refractivity contribution is -0.0504. The van der Waals surface area contributed by atoms with Crippen molar-refractivity contribution >= 4 is 41.5 Å². The largest absolute Gasteiger partial charge is 0.434 e. The second-order valence-corrected chi connectivity index (χ2v) is 6.62. The van der Waals surface area contributed by atoms with Gasteiger partial charge >= 0.3 is 6.61 Å². The number of guanidine groups is 1. The third-order valence-electron chi connectivity index (χ3n) is 4.42. The van der Waals surface area contributed by atoms with Crippen LogP contribution >= 0.6 is 35.6 Å². The van der Waals surface area contributed by atoms with Crippen molar-refractivity contribution in [2.75, 3.05) is 6.54 Å². The van der Waals surface area contributed by atoms with Gasteiger partial charge in [0.15, 0.2) is 5.96 Å². The third-order valence-corrected chi connectivity index (χ3v) is 4.65. The number of benzene rings is 1. The number of ether oxygens (including phenoxy) is 2. The fourth-order valence-electron chi connectivity index (χ4n) is 3.33. The molecule has 0 saturated carbocycles. The van der Waals surface area contributed by atoms with Crippen molar-refractivity contribution in [2.24, 2.45) is 4.99 Å². The Labute approximate surface area is 173 Å². The molecule has 3 unspecified atom stereocenters. The van der Waals surface area contributed by atoms with E-state index in [1.165, 1.54) is 12.1 Å². The predicted molar refractivity (Wildman–Crippen MR) is 108 cm³/mol. The summed E-state index contributed by atoms with van der Waals surface area (Å²) in [5.74, 6) is 0.717. The highest BCUT2D eigenvalue weighted by atomic mass is 127. The number of halogens is 4. The Hall–Kier alpha value is -0.870. The van der Waals surface area contributed by atoms with Gasteiger partial charge in [0.1, 0.15) is 5.75 Å². The van der Waals surface area contributed by atoms with Gasteiger partial charge < -0.3 is 20.1 Å². The van der Waals surface area contributed by atoms with E-state index in [0.29, 0.717) is 29.2 Å². The van der Waals surface area contributed by atoms with Gasteiger partial charge in [-0.3, -0.25) is 0 Å². The van der Waals surface area contributed by atoms with E-state index >= 15 is 0 Å². The number of rotatable bonds is 6. The highest BCUT2D eigenvalue weighted by Gasteiger charge is 2.41. The minimum Gasteiger partial charge on any atom is -0.434 e. The fraction of sp³-hybridized carbons (Fsp3) is 0.588. The van der Waals surface area contributed by atoms with Crippen molar-refractivity contribution in [3.63, 3.8) is 0 Å². The molecule has 0 spiro atoms. The Balaban J connectivity index is 0.00000243. The molecule has 2 N–H and O–H groups in total. The van der Waals surface area contributed by atoms with Gasteiger partial charge in [0.05, 0.1) is 24.8 Å². The average molecular weight is 502 g/mol. The summed E-state index contributed by atoms with van der Waals surface area (Å²) in [7, 11) is 0. The van der Waals surface area contributed by atoms with Gasteiger partial charge in [-0.25, -0.2) is 4.99 Å². The molecule has 146 valence electrons. The van der Waals surface area contributed by atoms with Crippen LogP contribution in [0.4, 0.5) is 8.78 Å².